The zero-order valence-electron chi connectivity index (χ0n) is 9.06. The maximum Gasteiger partial charge on any atom is 0.337 e. The molecule has 7 nitrogen and oxygen atoms in total. The number of hydrogen-bond acceptors (Lipinski definition) is 4. The van der Waals surface area contributed by atoms with Gasteiger partial charge in [-0.1, -0.05) is 0 Å². The van der Waals surface area contributed by atoms with Gasteiger partial charge in [0.05, 0.1) is 6.54 Å². The van der Waals surface area contributed by atoms with Gasteiger partial charge in [-0.2, -0.15) is 0 Å². The predicted molar refractivity (Wildman–Crippen MR) is 57.7 cm³/mol. The molecule has 4 N–H and O–H groups in total. The Labute approximate surface area is 96.1 Å². The first-order valence-corrected chi connectivity index (χ1v) is 4.75. The van der Waals surface area contributed by atoms with Crippen molar-refractivity contribution in [3.63, 3.8) is 0 Å². The van der Waals surface area contributed by atoms with Gasteiger partial charge in [-0.05, 0) is 13.0 Å². The summed E-state index contributed by atoms with van der Waals surface area (Å²) >= 11 is 0. The molecule has 0 spiro atoms. The van der Waals surface area contributed by atoms with E-state index in [9.17, 15) is 19.5 Å². The van der Waals surface area contributed by atoms with Crippen LogP contribution in [-0.2, 0) is 4.79 Å². The third-order valence-electron chi connectivity index (χ3n) is 2.09. The van der Waals surface area contributed by atoms with Gasteiger partial charge in [0.15, 0.2) is 5.60 Å². The third kappa shape index (κ3) is 3.42. The molecule has 0 fully saturated rings. The lowest BCUT2D eigenvalue weighted by Crippen LogP contribution is -2.46. The molecular weight excluding hydrogens is 228 g/mol. The summed E-state index contributed by atoms with van der Waals surface area (Å²) in [5, 5.41) is 20.2. The summed E-state index contributed by atoms with van der Waals surface area (Å²) in [6.07, 6.45) is 1.30. The Hall–Kier alpha value is -2.15. The lowest BCUT2D eigenvalue weighted by molar-refractivity contribution is -0.155. The molecule has 1 aromatic heterocycles. The van der Waals surface area contributed by atoms with E-state index in [1.165, 1.54) is 12.3 Å². The molecule has 1 unspecified atom stereocenters. The quantitative estimate of drug-likeness (QED) is 0.534. The van der Waals surface area contributed by atoms with Crippen molar-refractivity contribution in [2.45, 2.75) is 12.5 Å². The van der Waals surface area contributed by atoms with Crippen LogP contribution in [0.3, 0.4) is 0 Å². The number of pyridine rings is 1. The third-order valence-corrected chi connectivity index (χ3v) is 2.09. The Balaban J connectivity index is 2.69. The predicted octanol–water partition coefficient (Wildman–Crippen LogP) is -1.06. The van der Waals surface area contributed by atoms with E-state index >= 15 is 0 Å². The van der Waals surface area contributed by atoms with E-state index in [1.54, 1.807) is 0 Å². The van der Waals surface area contributed by atoms with Crippen LogP contribution < -0.4 is 10.9 Å². The number of hydrogen-bond donors (Lipinski definition) is 4. The molecule has 17 heavy (non-hydrogen) atoms. The van der Waals surface area contributed by atoms with E-state index in [-0.39, 0.29) is 5.56 Å². The minimum absolute atomic E-state index is 0.0925. The van der Waals surface area contributed by atoms with E-state index < -0.39 is 29.6 Å². The van der Waals surface area contributed by atoms with E-state index in [0.29, 0.717) is 0 Å². The van der Waals surface area contributed by atoms with Gasteiger partial charge in [0, 0.05) is 17.8 Å². The number of aromatic nitrogens is 1. The van der Waals surface area contributed by atoms with Crippen molar-refractivity contribution in [1.82, 2.24) is 10.3 Å². The molecular formula is C10H12N2O5. The maximum absolute atomic E-state index is 11.5. The lowest BCUT2D eigenvalue weighted by Gasteiger charge is -2.18. The van der Waals surface area contributed by atoms with Crippen LogP contribution in [0, 0.1) is 0 Å². The largest absolute Gasteiger partial charge is 0.479 e. The van der Waals surface area contributed by atoms with Crippen LogP contribution >= 0.6 is 0 Å². The number of rotatable bonds is 4. The Kier molecular flexibility index (Phi) is 3.64. The van der Waals surface area contributed by atoms with Gasteiger partial charge in [-0.3, -0.25) is 9.59 Å². The van der Waals surface area contributed by atoms with Crippen LogP contribution in [0.4, 0.5) is 0 Å². The summed E-state index contributed by atoms with van der Waals surface area (Å²) < 4.78 is 0. The van der Waals surface area contributed by atoms with Crippen LogP contribution in [0.25, 0.3) is 0 Å². The van der Waals surface area contributed by atoms with Gasteiger partial charge >= 0.3 is 5.97 Å². The van der Waals surface area contributed by atoms with E-state index in [4.69, 9.17) is 5.11 Å². The lowest BCUT2D eigenvalue weighted by atomic mass is 10.1. The monoisotopic (exact) mass is 240 g/mol. The molecule has 0 radical (unpaired) electrons. The number of H-pyrrole nitrogens is 1. The summed E-state index contributed by atoms with van der Waals surface area (Å²) in [5.41, 5.74) is -2.39. The fourth-order valence-corrected chi connectivity index (χ4v) is 1.02. The molecule has 0 aromatic carbocycles. The summed E-state index contributed by atoms with van der Waals surface area (Å²) in [5.74, 6) is -2.07. The van der Waals surface area contributed by atoms with Gasteiger partial charge in [0.2, 0.25) is 5.56 Å². The number of aliphatic hydroxyl groups is 1. The van der Waals surface area contributed by atoms with Gasteiger partial charge in [0.1, 0.15) is 0 Å². The Morgan fingerprint density at radius 2 is 2.18 bits per heavy atom. The van der Waals surface area contributed by atoms with Crippen molar-refractivity contribution in [2.24, 2.45) is 0 Å². The SMILES string of the molecule is CC(O)(CNC(=O)c1cc[nH]c(=O)c1)C(=O)O. The Morgan fingerprint density at radius 1 is 1.53 bits per heavy atom. The minimum Gasteiger partial charge on any atom is -0.479 e. The van der Waals surface area contributed by atoms with Crippen molar-refractivity contribution in [3.05, 3.63) is 34.2 Å². The molecule has 1 heterocycles. The van der Waals surface area contributed by atoms with Crippen molar-refractivity contribution < 1.29 is 19.8 Å². The van der Waals surface area contributed by atoms with Crippen molar-refractivity contribution in [3.8, 4) is 0 Å². The standard InChI is InChI=1S/C10H12N2O5/c1-10(17,9(15)16)5-12-8(14)6-2-3-11-7(13)4-6/h2-4,17H,5H2,1H3,(H,11,13)(H,12,14)(H,15,16). The summed E-state index contributed by atoms with van der Waals surface area (Å²) in [6, 6.07) is 2.44. The molecule has 0 aliphatic carbocycles. The van der Waals surface area contributed by atoms with Crippen LogP contribution in [0.1, 0.15) is 17.3 Å². The molecule has 1 rings (SSSR count). The first-order chi connectivity index (χ1) is 7.83. The van der Waals surface area contributed by atoms with Crippen LogP contribution in [0.2, 0.25) is 0 Å². The zero-order chi connectivity index (χ0) is 13.1. The second kappa shape index (κ2) is 4.79. The molecule has 0 saturated carbocycles. The molecule has 92 valence electrons. The molecule has 0 aliphatic rings. The maximum atomic E-state index is 11.5. The number of carboxylic acids is 1. The molecule has 1 aromatic rings. The Bertz CT molecular complexity index is 491. The topological polar surface area (TPSA) is 119 Å². The highest BCUT2D eigenvalue weighted by Crippen LogP contribution is 2.02. The van der Waals surface area contributed by atoms with Gasteiger partial charge < -0.3 is 20.5 Å². The fraction of sp³-hybridized carbons (Fsp3) is 0.300. The fourth-order valence-electron chi connectivity index (χ4n) is 1.02. The summed E-state index contributed by atoms with van der Waals surface area (Å²) in [6.45, 7) is 0.612. The highest BCUT2D eigenvalue weighted by molar-refractivity contribution is 5.94. The van der Waals surface area contributed by atoms with E-state index in [2.05, 4.69) is 10.3 Å². The second-order valence-electron chi connectivity index (χ2n) is 3.70. The second-order valence-corrected chi connectivity index (χ2v) is 3.70. The van der Waals surface area contributed by atoms with Gasteiger partial charge in [-0.15, -0.1) is 0 Å². The molecule has 1 amide bonds. The number of aromatic amines is 1. The zero-order valence-corrected chi connectivity index (χ0v) is 9.06. The van der Waals surface area contributed by atoms with E-state index in [0.717, 1.165) is 13.0 Å². The smallest absolute Gasteiger partial charge is 0.337 e. The average molecular weight is 240 g/mol. The highest BCUT2D eigenvalue weighted by atomic mass is 16.4. The normalized spacial score (nSPS) is 13.8. The number of carboxylic acid groups (broad SMARTS) is 1. The summed E-state index contributed by atoms with van der Waals surface area (Å²) in [4.78, 5) is 35.3. The van der Waals surface area contributed by atoms with Gasteiger partial charge in [-0.25, -0.2) is 4.79 Å². The number of amides is 1. The van der Waals surface area contributed by atoms with Crippen LogP contribution in [0.15, 0.2) is 23.1 Å². The first-order valence-electron chi connectivity index (χ1n) is 4.75. The number of carbonyl (C=O) groups excluding carboxylic acids is 1. The number of carbonyl (C=O) groups is 2. The molecule has 1 atom stereocenters. The van der Waals surface area contributed by atoms with E-state index in [1.807, 2.05) is 0 Å². The molecule has 0 saturated heterocycles. The number of aliphatic carboxylic acids is 1. The average Bonchev–Trinajstić information content (AvgIpc) is 2.25. The minimum atomic E-state index is -2.04. The van der Waals surface area contributed by atoms with Crippen LogP contribution in [-0.4, -0.2) is 39.2 Å². The number of nitrogens with one attached hydrogen (secondary N) is 2. The van der Waals surface area contributed by atoms with Crippen molar-refractivity contribution in [1.29, 1.82) is 0 Å². The summed E-state index contributed by atoms with van der Waals surface area (Å²) in [7, 11) is 0. The van der Waals surface area contributed by atoms with Crippen molar-refractivity contribution in [2.75, 3.05) is 6.54 Å². The van der Waals surface area contributed by atoms with Gasteiger partial charge in [0.25, 0.3) is 5.91 Å². The first kappa shape index (κ1) is 12.9. The van der Waals surface area contributed by atoms with Crippen LogP contribution in [0.5, 0.6) is 0 Å². The molecule has 0 bridgehead atoms. The van der Waals surface area contributed by atoms with Crippen molar-refractivity contribution >= 4 is 11.9 Å². The molecule has 0 aliphatic heterocycles. The molecule has 7 heteroatoms. The highest BCUT2D eigenvalue weighted by Gasteiger charge is 2.30. The Morgan fingerprint density at radius 3 is 2.71 bits per heavy atom.